The zero-order chi connectivity index (χ0) is 20.9. The molecule has 0 spiro atoms. The Hall–Kier alpha value is -2.09. The minimum atomic E-state index is -3.67. The average Bonchev–Trinajstić information content (AvgIpc) is 2.71. The fourth-order valence-electron chi connectivity index (χ4n) is 2.93. The number of phenols is 1. The van der Waals surface area contributed by atoms with Gasteiger partial charge in [0, 0.05) is 11.6 Å². The molecule has 5 nitrogen and oxygen atoms in total. The number of hydrogen-bond acceptors (Lipinski definition) is 5. The zero-order valence-electron chi connectivity index (χ0n) is 16.0. The van der Waals surface area contributed by atoms with Crippen LogP contribution in [0.25, 0.3) is 0 Å². The monoisotopic (exact) mass is 467 g/mol. The highest BCUT2D eigenvalue weighted by Gasteiger charge is 2.17. The molecule has 0 aromatic heterocycles. The van der Waals surface area contributed by atoms with Gasteiger partial charge in [0.05, 0.1) is 15.9 Å². The zero-order valence-corrected chi connectivity index (χ0v) is 18.4. The predicted octanol–water partition coefficient (Wildman–Crippen LogP) is 4.17. The predicted molar refractivity (Wildman–Crippen MR) is 120 cm³/mol. The Morgan fingerprint density at radius 2 is 1.63 bits per heavy atom. The van der Waals surface area contributed by atoms with Crippen molar-refractivity contribution in [2.75, 3.05) is 13.1 Å². The van der Waals surface area contributed by atoms with Gasteiger partial charge < -0.3 is 15.5 Å². The first-order chi connectivity index (χ1) is 13.9. The lowest BCUT2D eigenvalue weighted by atomic mass is 10.1. The Labute approximate surface area is 187 Å². The summed E-state index contributed by atoms with van der Waals surface area (Å²) < 4.78 is 25.3. The molecule has 3 N–H and O–H groups in total. The van der Waals surface area contributed by atoms with E-state index in [1.54, 1.807) is 42.5 Å². The summed E-state index contributed by atoms with van der Waals surface area (Å²) in [5.41, 5.74) is 1.73. The second-order valence-electron chi connectivity index (χ2n) is 6.67. The van der Waals surface area contributed by atoms with Gasteiger partial charge in [-0.3, -0.25) is 0 Å². The summed E-state index contributed by atoms with van der Waals surface area (Å²) in [6.45, 7) is 1.03. The van der Waals surface area contributed by atoms with Crippen LogP contribution in [0, 0.1) is 0 Å². The molecule has 0 unspecified atom stereocenters. The summed E-state index contributed by atoms with van der Waals surface area (Å²) in [6, 6.07) is 19.4. The first kappa shape index (κ1) is 24.2. The summed E-state index contributed by atoms with van der Waals surface area (Å²) in [5, 5.41) is 23.5. The van der Waals surface area contributed by atoms with Crippen molar-refractivity contribution in [2.24, 2.45) is 0 Å². The second-order valence-corrected chi connectivity index (χ2v) is 9.06. The molecule has 0 aliphatic heterocycles. The number of rotatable bonds is 8. The van der Waals surface area contributed by atoms with Crippen LogP contribution in [-0.4, -0.2) is 31.7 Å². The lowest BCUT2D eigenvalue weighted by molar-refractivity contribution is 0.175. The van der Waals surface area contributed by atoms with Crippen molar-refractivity contribution in [3.8, 4) is 5.75 Å². The van der Waals surface area contributed by atoms with Gasteiger partial charge in [0.15, 0.2) is 0 Å². The lowest BCUT2D eigenvalue weighted by Gasteiger charge is -2.12. The van der Waals surface area contributed by atoms with Gasteiger partial charge in [0.25, 0.3) is 0 Å². The van der Waals surface area contributed by atoms with E-state index < -0.39 is 15.9 Å². The third-order valence-corrected chi connectivity index (χ3v) is 6.53. The second kappa shape index (κ2) is 10.8. The number of phenolic OH excluding ortho intramolecular Hbond substituents is 1. The number of aliphatic hydroxyl groups is 1. The number of nitrogens with one attached hydrogen (secondary N) is 1. The quantitative estimate of drug-likeness (QED) is 0.432. The molecule has 3 aromatic rings. The number of aliphatic hydroxyl groups excluding tert-OH is 1. The maximum atomic E-state index is 12.6. The molecule has 30 heavy (non-hydrogen) atoms. The Balaban J connectivity index is 0.00000320. The van der Waals surface area contributed by atoms with Crippen LogP contribution in [0.15, 0.2) is 82.6 Å². The van der Waals surface area contributed by atoms with E-state index in [0.29, 0.717) is 24.5 Å². The van der Waals surface area contributed by atoms with Crippen molar-refractivity contribution >= 4 is 33.8 Å². The number of benzene rings is 3. The largest absolute Gasteiger partial charge is 0.508 e. The van der Waals surface area contributed by atoms with Gasteiger partial charge in [-0.2, -0.15) is 0 Å². The molecule has 3 aromatic carbocycles. The molecule has 8 heteroatoms. The number of aromatic hydroxyl groups is 1. The van der Waals surface area contributed by atoms with Crippen LogP contribution in [0.2, 0.25) is 5.02 Å². The van der Waals surface area contributed by atoms with Crippen LogP contribution in [0.4, 0.5) is 0 Å². The summed E-state index contributed by atoms with van der Waals surface area (Å²) in [5.74, 6) is -0.0891. The van der Waals surface area contributed by atoms with Crippen molar-refractivity contribution in [3.63, 3.8) is 0 Å². The normalized spacial score (nSPS) is 12.2. The highest BCUT2D eigenvalue weighted by molar-refractivity contribution is 7.91. The fourth-order valence-corrected chi connectivity index (χ4v) is 4.42. The maximum absolute atomic E-state index is 12.6. The Kier molecular flexibility index (Phi) is 8.70. The van der Waals surface area contributed by atoms with Crippen molar-refractivity contribution in [1.82, 2.24) is 5.32 Å². The topological polar surface area (TPSA) is 86.6 Å². The van der Waals surface area contributed by atoms with Crippen LogP contribution < -0.4 is 5.32 Å². The third kappa shape index (κ3) is 6.20. The number of sulfone groups is 1. The number of halogens is 2. The Bertz CT molecular complexity index is 1070. The van der Waals surface area contributed by atoms with Crippen molar-refractivity contribution in [1.29, 1.82) is 0 Å². The molecule has 0 saturated heterocycles. The molecular weight excluding hydrogens is 445 g/mol. The molecule has 1 atom stereocenters. The molecular formula is C22H23Cl2NO4S. The first-order valence-corrected chi connectivity index (χ1v) is 11.0. The maximum Gasteiger partial charge on any atom is 0.206 e. The molecule has 0 fully saturated rings. The summed E-state index contributed by atoms with van der Waals surface area (Å²) in [6.07, 6.45) is 0.0397. The van der Waals surface area contributed by atoms with Gasteiger partial charge >= 0.3 is 0 Å². The van der Waals surface area contributed by atoms with Crippen LogP contribution in [0.5, 0.6) is 5.75 Å². The smallest absolute Gasteiger partial charge is 0.206 e. The molecule has 0 aliphatic rings. The molecule has 0 radical (unpaired) electrons. The molecule has 160 valence electrons. The van der Waals surface area contributed by atoms with E-state index in [4.69, 9.17) is 11.6 Å². The lowest BCUT2D eigenvalue weighted by Crippen LogP contribution is -2.23. The van der Waals surface area contributed by atoms with E-state index in [2.05, 4.69) is 5.32 Å². The minimum Gasteiger partial charge on any atom is -0.508 e. The summed E-state index contributed by atoms with van der Waals surface area (Å²) in [4.78, 5) is 0.234. The molecule has 0 amide bonds. The number of hydrogen-bond donors (Lipinski definition) is 3. The van der Waals surface area contributed by atoms with Crippen molar-refractivity contribution in [2.45, 2.75) is 22.3 Å². The Morgan fingerprint density at radius 3 is 2.30 bits per heavy atom. The molecule has 3 rings (SSSR count). The Morgan fingerprint density at radius 1 is 0.933 bits per heavy atom. The summed E-state index contributed by atoms with van der Waals surface area (Å²) >= 11 is 5.94. The van der Waals surface area contributed by atoms with Gasteiger partial charge in [0.2, 0.25) is 9.84 Å². The third-order valence-electron chi connectivity index (χ3n) is 4.52. The van der Waals surface area contributed by atoms with E-state index in [1.807, 2.05) is 6.07 Å². The molecule has 0 bridgehead atoms. The minimum absolute atomic E-state index is 0. The standard InChI is InChI=1S/C22H22ClNO4S.ClH/c23-18-4-1-3-17(13-18)22(26)15-24-12-11-16-7-9-20(10-8-16)29(27,28)21-6-2-5-19(25)14-21;/h1-10,13-14,22,24-26H,11-12,15H2;1H/t22-;/m0./s1. The molecule has 0 heterocycles. The van der Waals surface area contributed by atoms with Crippen LogP contribution >= 0.6 is 24.0 Å². The highest BCUT2D eigenvalue weighted by atomic mass is 35.5. The van der Waals surface area contributed by atoms with Gasteiger partial charge in [-0.15, -0.1) is 12.4 Å². The molecule has 0 saturated carbocycles. The van der Waals surface area contributed by atoms with E-state index >= 15 is 0 Å². The average molecular weight is 468 g/mol. The van der Waals surface area contributed by atoms with Gasteiger partial charge in [-0.05, 0) is 66.6 Å². The van der Waals surface area contributed by atoms with E-state index in [9.17, 15) is 18.6 Å². The first-order valence-electron chi connectivity index (χ1n) is 9.13. The van der Waals surface area contributed by atoms with E-state index in [-0.39, 0.29) is 27.9 Å². The summed E-state index contributed by atoms with van der Waals surface area (Å²) in [7, 11) is -3.67. The SMILES string of the molecule is Cl.O=S(=O)(c1ccc(CCNC[C@H](O)c2cccc(Cl)c2)cc1)c1cccc(O)c1. The highest BCUT2D eigenvalue weighted by Crippen LogP contribution is 2.24. The van der Waals surface area contributed by atoms with Crippen LogP contribution in [-0.2, 0) is 16.3 Å². The molecule has 0 aliphatic carbocycles. The van der Waals surface area contributed by atoms with Gasteiger partial charge in [-0.25, -0.2) is 8.42 Å². The van der Waals surface area contributed by atoms with Gasteiger partial charge in [-0.1, -0.05) is 41.9 Å². The fraction of sp³-hybridized carbons (Fsp3) is 0.182. The van der Waals surface area contributed by atoms with Crippen LogP contribution in [0.3, 0.4) is 0 Å². The van der Waals surface area contributed by atoms with E-state index in [1.165, 1.54) is 24.3 Å². The van der Waals surface area contributed by atoms with Crippen molar-refractivity contribution < 1.29 is 18.6 Å². The van der Waals surface area contributed by atoms with E-state index in [0.717, 1.165) is 11.1 Å². The van der Waals surface area contributed by atoms with Crippen molar-refractivity contribution in [3.05, 3.63) is 88.9 Å². The van der Waals surface area contributed by atoms with Gasteiger partial charge in [0.1, 0.15) is 5.75 Å². The van der Waals surface area contributed by atoms with Crippen LogP contribution in [0.1, 0.15) is 17.2 Å².